The molecule has 24 heavy (non-hydrogen) atoms. The van der Waals surface area contributed by atoms with Crippen molar-refractivity contribution in [2.24, 2.45) is 0 Å². The number of hydrogen-bond donors (Lipinski definition) is 1. The average molecular weight is 328 g/mol. The van der Waals surface area contributed by atoms with Crippen LogP contribution in [0.3, 0.4) is 0 Å². The van der Waals surface area contributed by atoms with E-state index in [-0.39, 0.29) is 5.56 Å². The maximum Gasteiger partial charge on any atom is 0.266 e. The summed E-state index contributed by atoms with van der Waals surface area (Å²) in [5.74, 6) is 0.666. The SMILES string of the molecule is Cc1ccc(=O)n(CCN2CCCCC2CNc2ncccn2)n1. The fraction of sp³-hybridized carbons (Fsp3) is 0.529. The van der Waals surface area contributed by atoms with Gasteiger partial charge in [0.25, 0.3) is 5.56 Å². The number of aryl methyl sites for hydroxylation is 1. The zero-order valence-electron chi connectivity index (χ0n) is 14.1. The van der Waals surface area contributed by atoms with Crippen molar-refractivity contribution < 1.29 is 0 Å². The molecule has 1 unspecified atom stereocenters. The Bertz CT molecular complexity index is 702. The van der Waals surface area contributed by atoms with Gasteiger partial charge in [0, 0.05) is 37.6 Å². The highest BCUT2D eigenvalue weighted by Crippen LogP contribution is 2.17. The number of nitrogens with zero attached hydrogens (tertiary/aromatic N) is 5. The van der Waals surface area contributed by atoms with Gasteiger partial charge in [0.05, 0.1) is 12.2 Å². The van der Waals surface area contributed by atoms with Gasteiger partial charge < -0.3 is 5.32 Å². The Morgan fingerprint density at radius 1 is 1.21 bits per heavy atom. The summed E-state index contributed by atoms with van der Waals surface area (Å²) in [7, 11) is 0. The summed E-state index contributed by atoms with van der Waals surface area (Å²) in [6.07, 6.45) is 7.07. The fourth-order valence-corrected chi connectivity index (χ4v) is 3.12. The van der Waals surface area contributed by atoms with Gasteiger partial charge in [-0.2, -0.15) is 5.10 Å². The van der Waals surface area contributed by atoms with Gasteiger partial charge in [-0.3, -0.25) is 9.69 Å². The lowest BCUT2D eigenvalue weighted by atomic mass is 10.0. The topological polar surface area (TPSA) is 75.9 Å². The summed E-state index contributed by atoms with van der Waals surface area (Å²) in [5.41, 5.74) is 0.831. The van der Waals surface area contributed by atoms with Gasteiger partial charge in [0.15, 0.2) is 0 Å². The molecule has 0 radical (unpaired) electrons. The van der Waals surface area contributed by atoms with Crippen LogP contribution in [0.1, 0.15) is 25.0 Å². The third-order valence-electron chi connectivity index (χ3n) is 4.41. The first-order chi connectivity index (χ1) is 11.7. The van der Waals surface area contributed by atoms with Crippen LogP contribution in [0.4, 0.5) is 5.95 Å². The van der Waals surface area contributed by atoms with Crippen molar-refractivity contribution in [3.05, 3.63) is 46.6 Å². The highest BCUT2D eigenvalue weighted by Gasteiger charge is 2.22. The van der Waals surface area contributed by atoms with E-state index in [1.807, 2.05) is 13.0 Å². The molecular weight excluding hydrogens is 304 g/mol. The highest BCUT2D eigenvalue weighted by molar-refractivity contribution is 5.22. The molecule has 1 aliphatic heterocycles. The van der Waals surface area contributed by atoms with E-state index in [2.05, 4.69) is 25.3 Å². The molecule has 3 rings (SSSR count). The van der Waals surface area contributed by atoms with Crippen molar-refractivity contribution in [2.45, 2.75) is 38.8 Å². The predicted octanol–water partition coefficient (Wildman–Crippen LogP) is 1.31. The van der Waals surface area contributed by atoms with Gasteiger partial charge in [0.2, 0.25) is 5.95 Å². The quantitative estimate of drug-likeness (QED) is 0.862. The van der Waals surface area contributed by atoms with Crippen LogP contribution in [-0.2, 0) is 6.54 Å². The summed E-state index contributed by atoms with van der Waals surface area (Å²) >= 11 is 0. The summed E-state index contributed by atoms with van der Waals surface area (Å²) in [4.78, 5) is 22.7. The third-order valence-corrected chi connectivity index (χ3v) is 4.41. The van der Waals surface area contributed by atoms with Gasteiger partial charge in [-0.15, -0.1) is 0 Å². The molecule has 0 aliphatic carbocycles. The monoisotopic (exact) mass is 328 g/mol. The largest absolute Gasteiger partial charge is 0.353 e. The Balaban J connectivity index is 1.58. The van der Waals surface area contributed by atoms with Crippen molar-refractivity contribution in [3.8, 4) is 0 Å². The van der Waals surface area contributed by atoms with Crippen LogP contribution < -0.4 is 10.9 Å². The number of nitrogens with one attached hydrogen (secondary N) is 1. The fourth-order valence-electron chi connectivity index (χ4n) is 3.12. The van der Waals surface area contributed by atoms with E-state index in [4.69, 9.17) is 0 Å². The minimum Gasteiger partial charge on any atom is -0.353 e. The molecule has 1 atom stereocenters. The summed E-state index contributed by atoms with van der Waals surface area (Å²) in [6.45, 7) is 5.24. The van der Waals surface area contributed by atoms with Crippen LogP contribution in [0.25, 0.3) is 0 Å². The molecule has 1 N–H and O–H groups in total. The Kier molecular flexibility index (Phi) is 5.53. The standard InChI is InChI=1S/C17H24N6O/c1-14-6-7-16(24)23(21-14)12-11-22-10-3-2-5-15(22)13-20-17-18-8-4-9-19-17/h4,6-9,15H,2-3,5,10-13H2,1H3,(H,18,19,20). The normalized spacial score (nSPS) is 18.5. The predicted molar refractivity (Wildman–Crippen MR) is 93.0 cm³/mol. The van der Waals surface area contributed by atoms with E-state index in [1.54, 1.807) is 29.2 Å². The molecule has 7 nitrogen and oxygen atoms in total. The van der Waals surface area contributed by atoms with Gasteiger partial charge >= 0.3 is 0 Å². The molecule has 0 bridgehead atoms. The van der Waals surface area contributed by atoms with Crippen LogP contribution in [0.15, 0.2) is 35.4 Å². The van der Waals surface area contributed by atoms with Crippen LogP contribution >= 0.6 is 0 Å². The summed E-state index contributed by atoms with van der Waals surface area (Å²) in [6, 6.07) is 5.59. The molecule has 0 saturated carbocycles. The second-order valence-electron chi connectivity index (χ2n) is 6.17. The Morgan fingerprint density at radius 3 is 2.88 bits per heavy atom. The van der Waals surface area contributed by atoms with Crippen molar-refractivity contribution >= 4 is 5.95 Å². The van der Waals surface area contributed by atoms with Crippen LogP contribution in [0.5, 0.6) is 0 Å². The van der Waals surface area contributed by atoms with Crippen LogP contribution in [-0.4, -0.2) is 50.3 Å². The van der Waals surface area contributed by atoms with E-state index >= 15 is 0 Å². The van der Waals surface area contributed by atoms with Gasteiger partial charge in [-0.05, 0) is 38.4 Å². The first-order valence-corrected chi connectivity index (χ1v) is 8.52. The van der Waals surface area contributed by atoms with Crippen molar-refractivity contribution in [1.82, 2.24) is 24.6 Å². The Hall–Kier alpha value is -2.28. The lowest BCUT2D eigenvalue weighted by Crippen LogP contribution is -2.45. The molecule has 1 aliphatic rings. The minimum absolute atomic E-state index is 0.0371. The van der Waals surface area contributed by atoms with Gasteiger partial charge in [-0.25, -0.2) is 14.6 Å². The van der Waals surface area contributed by atoms with Crippen LogP contribution in [0, 0.1) is 6.92 Å². The lowest BCUT2D eigenvalue weighted by Gasteiger charge is -2.35. The molecule has 128 valence electrons. The van der Waals surface area contributed by atoms with E-state index in [1.165, 1.54) is 12.8 Å². The van der Waals surface area contributed by atoms with Gasteiger partial charge in [-0.1, -0.05) is 6.42 Å². The van der Waals surface area contributed by atoms with E-state index in [0.717, 1.165) is 31.7 Å². The van der Waals surface area contributed by atoms with Crippen molar-refractivity contribution in [3.63, 3.8) is 0 Å². The van der Waals surface area contributed by atoms with Crippen LogP contribution in [0.2, 0.25) is 0 Å². The smallest absolute Gasteiger partial charge is 0.266 e. The highest BCUT2D eigenvalue weighted by atomic mass is 16.1. The second-order valence-corrected chi connectivity index (χ2v) is 6.17. The number of aromatic nitrogens is 4. The van der Waals surface area contributed by atoms with E-state index in [0.29, 0.717) is 18.5 Å². The molecule has 2 aromatic rings. The zero-order valence-corrected chi connectivity index (χ0v) is 14.1. The zero-order chi connectivity index (χ0) is 16.8. The number of piperidine rings is 1. The first-order valence-electron chi connectivity index (χ1n) is 8.52. The van der Waals surface area contributed by atoms with E-state index in [9.17, 15) is 4.79 Å². The maximum absolute atomic E-state index is 11.9. The minimum atomic E-state index is -0.0371. The molecule has 0 amide bonds. The molecule has 0 aromatic carbocycles. The molecule has 2 aromatic heterocycles. The summed E-state index contributed by atoms with van der Waals surface area (Å²) < 4.78 is 1.56. The number of likely N-dealkylation sites (tertiary alicyclic amines) is 1. The Morgan fingerprint density at radius 2 is 2.04 bits per heavy atom. The molecule has 1 saturated heterocycles. The summed E-state index contributed by atoms with van der Waals surface area (Å²) in [5, 5.41) is 7.63. The lowest BCUT2D eigenvalue weighted by molar-refractivity contribution is 0.147. The molecule has 0 spiro atoms. The van der Waals surface area contributed by atoms with Crippen molar-refractivity contribution in [2.75, 3.05) is 25.0 Å². The third kappa shape index (κ3) is 4.38. The molecule has 3 heterocycles. The second kappa shape index (κ2) is 8.01. The molecule has 7 heteroatoms. The molecular formula is C17H24N6O. The Labute approximate surface area is 141 Å². The van der Waals surface area contributed by atoms with Gasteiger partial charge in [0.1, 0.15) is 0 Å². The maximum atomic E-state index is 11.9. The molecule has 1 fully saturated rings. The van der Waals surface area contributed by atoms with E-state index < -0.39 is 0 Å². The number of rotatable bonds is 6. The average Bonchev–Trinajstić information content (AvgIpc) is 2.62. The number of hydrogen-bond acceptors (Lipinski definition) is 6. The van der Waals surface area contributed by atoms with Crippen molar-refractivity contribution in [1.29, 1.82) is 0 Å². The number of anilines is 1. The first kappa shape index (κ1) is 16.6.